The highest BCUT2D eigenvalue weighted by atomic mass is 15.2. The van der Waals surface area contributed by atoms with Gasteiger partial charge in [-0.1, -0.05) is 25.7 Å². The SMILES string of the molecule is C#CC(CC)N1CCNC2(CCCC2)C1. The Bertz CT molecular complexity index is 248. The van der Waals surface area contributed by atoms with E-state index in [1.165, 1.54) is 25.7 Å². The molecule has 1 spiro atoms. The van der Waals surface area contributed by atoms with Gasteiger partial charge in [0.25, 0.3) is 0 Å². The van der Waals surface area contributed by atoms with Gasteiger partial charge in [0.05, 0.1) is 6.04 Å². The lowest BCUT2D eigenvalue weighted by Gasteiger charge is -2.43. The second kappa shape index (κ2) is 4.55. The summed E-state index contributed by atoms with van der Waals surface area (Å²) in [7, 11) is 0. The summed E-state index contributed by atoms with van der Waals surface area (Å²) in [6, 6.07) is 0.351. The molecular formula is C13H22N2. The van der Waals surface area contributed by atoms with Crippen molar-refractivity contribution in [3.63, 3.8) is 0 Å². The summed E-state index contributed by atoms with van der Waals surface area (Å²) in [6.07, 6.45) is 12.1. The fourth-order valence-electron chi connectivity index (χ4n) is 3.12. The van der Waals surface area contributed by atoms with E-state index in [-0.39, 0.29) is 0 Å². The number of piperazine rings is 1. The predicted molar refractivity (Wildman–Crippen MR) is 63.7 cm³/mol. The molecule has 84 valence electrons. The standard InChI is InChI=1S/C13H22N2/c1-3-12(4-2)15-10-9-14-13(11-15)7-5-6-8-13/h1,12,14H,4-11H2,2H3. The molecular weight excluding hydrogens is 184 g/mol. The van der Waals surface area contributed by atoms with Crippen LogP contribution in [0, 0.1) is 12.3 Å². The highest BCUT2D eigenvalue weighted by Crippen LogP contribution is 2.32. The quantitative estimate of drug-likeness (QED) is 0.691. The largest absolute Gasteiger partial charge is 0.309 e. The predicted octanol–water partition coefficient (Wildman–Crippen LogP) is 1.62. The van der Waals surface area contributed by atoms with Crippen molar-refractivity contribution in [2.75, 3.05) is 19.6 Å². The average Bonchev–Trinajstić information content (AvgIpc) is 2.68. The molecule has 15 heavy (non-hydrogen) atoms. The van der Waals surface area contributed by atoms with E-state index in [9.17, 15) is 0 Å². The summed E-state index contributed by atoms with van der Waals surface area (Å²) >= 11 is 0. The lowest BCUT2D eigenvalue weighted by Crippen LogP contribution is -2.60. The van der Waals surface area contributed by atoms with Gasteiger partial charge in [0.2, 0.25) is 0 Å². The minimum Gasteiger partial charge on any atom is -0.309 e. The number of nitrogens with zero attached hydrogens (tertiary/aromatic N) is 1. The van der Waals surface area contributed by atoms with Crippen molar-refractivity contribution in [3.8, 4) is 12.3 Å². The second-order valence-corrected chi connectivity index (χ2v) is 4.98. The molecule has 0 amide bonds. The molecule has 1 saturated heterocycles. The molecule has 1 aliphatic heterocycles. The van der Waals surface area contributed by atoms with Crippen molar-refractivity contribution in [3.05, 3.63) is 0 Å². The number of nitrogens with one attached hydrogen (secondary N) is 1. The first-order valence-electron chi connectivity index (χ1n) is 6.25. The summed E-state index contributed by atoms with van der Waals surface area (Å²) in [5.41, 5.74) is 0.405. The van der Waals surface area contributed by atoms with Gasteiger partial charge < -0.3 is 5.32 Å². The first-order chi connectivity index (χ1) is 7.29. The van der Waals surface area contributed by atoms with Crippen LogP contribution in [-0.4, -0.2) is 36.1 Å². The van der Waals surface area contributed by atoms with Crippen LogP contribution in [0.5, 0.6) is 0 Å². The topological polar surface area (TPSA) is 15.3 Å². The van der Waals surface area contributed by atoms with E-state index in [1.54, 1.807) is 0 Å². The fraction of sp³-hybridized carbons (Fsp3) is 0.846. The zero-order valence-corrected chi connectivity index (χ0v) is 9.76. The van der Waals surface area contributed by atoms with Gasteiger partial charge in [-0.25, -0.2) is 0 Å². The van der Waals surface area contributed by atoms with E-state index in [1.807, 2.05) is 0 Å². The highest BCUT2D eigenvalue weighted by Gasteiger charge is 2.38. The Balaban J connectivity index is 2.00. The van der Waals surface area contributed by atoms with Crippen LogP contribution in [0.2, 0.25) is 0 Å². The lowest BCUT2D eigenvalue weighted by molar-refractivity contribution is 0.113. The van der Waals surface area contributed by atoms with Gasteiger partial charge in [-0.15, -0.1) is 6.42 Å². The third-order valence-electron chi connectivity index (χ3n) is 3.99. The molecule has 0 aromatic rings. The number of terminal acetylenes is 1. The summed E-state index contributed by atoms with van der Waals surface area (Å²) in [5, 5.41) is 3.72. The zero-order chi connectivity index (χ0) is 10.7. The van der Waals surface area contributed by atoms with Crippen LogP contribution in [0.4, 0.5) is 0 Å². The molecule has 0 aromatic heterocycles. The Kier molecular flexibility index (Phi) is 3.33. The van der Waals surface area contributed by atoms with E-state index in [4.69, 9.17) is 6.42 Å². The molecule has 2 fully saturated rings. The molecule has 0 radical (unpaired) electrons. The fourth-order valence-corrected chi connectivity index (χ4v) is 3.12. The molecule has 1 saturated carbocycles. The smallest absolute Gasteiger partial charge is 0.0710 e. The van der Waals surface area contributed by atoms with E-state index in [0.717, 1.165) is 26.1 Å². The summed E-state index contributed by atoms with van der Waals surface area (Å²) in [4.78, 5) is 2.50. The van der Waals surface area contributed by atoms with E-state index in [2.05, 4.69) is 23.1 Å². The Hall–Kier alpha value is -0.520. The second-order valence-electron chi connectivity index (χ2n) is 4.98. The summed E-state index contributed by atoms with van der Waals surface area (Å²) in [5.74, 6) is 2.93. The summed E-state index contributed by atoms with van der Waals surface area (Å²) < 4.78 is 0. The third kappa shape index (κ3) is 2.19. The van der Waals surface area contributed by atoms with Gasteiger partial charge in [0, 0.05) is 25.2 Å². The number of rotatable bonds is 2. The maximum atomic E-state index is 5.59. The molecule has 2 rings (SSSR count). The van der Waals surface area contributed by atoms with Gasteiger partial charge in [-0.3, -0.25) is 4.90 Å². The monoisotopic (exact) mass is 206 g/mol. The maximum absolute atomic E-state index is 5.59. The first kappa shape index (κ1) is 11.0. The highest BCUT2D eigenvalue weighted by molar-refractivity contribution is 5.05. The van der Waals surface area contributed by atoms with Gasteiger partial charge in [-0.05, 0) is 19.3 Å². The van der Waals surface area contributed by atoms with E-state index < -0.39 is 0 Å². The molecule has 1 heterocycles. The zero-order valence-electron chi connectivity index (χ0n) is 9.76. The number of hydrogen-bond acceptors (Lipinski definition) is 2. The van der Waals surface area contributed by atoms with Crippen molar-refractivity contribution in [1.29, 1.82) is 0 Å². The Morgan fingerprint density at radius 2 is 2.20 bits per heavy atom. The molecule has 1 N–H and O–H groups in total. The van der Waals surface area contributed by atoms with Crippen molar-refractivity contribution < 1.29 is 0 Å². The Morgan fingerprint density at radius 1 is 1.47 bits per heavy atom. The molecule has 0 bridgehead atoms. The van der Waals surface area contributed by atoms with Crippen LogP contribution >= 0.6 is 0 Å². The molecule has 0 aromatic carbocycles. The summed E-state index contributed by atoms with van der Waals surface area (Å²) in [6.45, 7) is 5.58. The van der Waals surface area contributed by atoms with Crippen molar-refractivity contribution in [1.82, 2.24) is 10.2 Å². The minimum atomic E-state index is 0.351. The van der Waals surface area contributed by atoms with Crippen LogP contribution < -0.4 is 5.32 Å². The lowest BCUT2D eigenvalue weighted by atomic mass is 9.93. The first-order valence-corrected chi connectivity index (χ1v) is 6.25. The third-order valence-corrected chi connectivity index (χ3v) is 3.99. The van der Waals surface area contributed by atoms with Crippen LogP contribution in [0.1, 0.15) is 39.0 Å². The van der Waals surface area contributed by atoms with Gasteiger partial charge in [-0.2, -0.15) is 0 Å². The van der Waals surface area contributed by atoms with E-state index >= 15 is 0 Å². The molecule has 2 heteroatoms. The molecule has 2 aliphatic rings. The molecule has 2 nitrogen and oxygen atoms in total. The minimum absolute atomic E-state index is 0.351. The average molecular weight is 206 g/mol. The molecule has 1 atom stereocenters. The number of hydrogen-bond donors (Lipinski definition) is 1. The van der Waals surface area contributed by atoms with Gasteiger partial charge in [0.1, 0.15) is 0 Å². The maximum Gasteiger partial charge on any atom is 0.0710 e. The van der Waals surface area contributed by atoms with Crippen LogP contribution in [0.25, 0.3) is 0 Å². The van der Waals surface area contributed by atoms with E-state index in [0.29, 0.717) is 11.6 Å². The van der Waals surface area contributed by atoms with Crippen molar-refractivity contribution >= 4 is 0 Å². The van der Waals surface area contributed by atoms with Gasteiger partial charge in [0.15, 0.2) is 0 Å². The normalized spacial score (nSPS) is 27.7. The Morgan fingerprint density at radius 3 is 2.80 bits per heavy atom. The molecule has 1 aliphatic carbocycles. The Labute approximate surface area is 93.4 Å². The van der Waals surface area contributed by atoms with Gasteiger partial charge >= 0.3 is 0 Å². The van der Waals surface area contributed by atoms with Crippen molar-refractivity contribution in [2.45, 2.75) is 50.6 Å². The van der Waals surface area contributed by atoms with Crippen LogP contribution in [0.15, 0.2) is 0 Å². The van der Waals surface area contributed by atoms with Crippen molar-refractivity contribution in [2.24, 2.45) is 0 Å². The van der Waals surface area contributed by atoms with Crippen LogP contribution in [0.3, 0.4) is 0 Å². The van der Waals surface area contributed by atoms with Crippen LogP contribution in [-0.2, 0) is 0 Å². The molecule has 1 unspecified atom stereocenters.